The van der Waals surface area contributed by atoms with Crippen molar-refractivity contribution in [2.24, 2.45) is 5.92 Å². The first kappa shape index (κ1) is 15.0. The van der Waals surface area contributed by atoms with Crippen molar-refractivity contribution < 1.29 is 23.0 Å². The van der Waals surface area contributed by atoms with Gasteiger partial charge in [-0.05, 0) is 18.1 Å². The summed E-state index contributed by atoms with van der Waals surface area (Å²) in [5.74, 6) is 0.400. The van der Waals surface area contributed by atoms with E-state index in [0.29, 0.717) is 18.7 Å². The van der Waals surface area contributed by atoms with E-state index in [1.54, 1.807) is 11.0 Å². The maximum Gasteiger partial charge on any atom is 0.387 e. The average molecular weight is 350 g/mol. The Morgan fingerprint density at radius 2 is 2.20 bits per heavy atom. The molecule has 1 aliphatic heterocycles. The molecule has 1 heterocycles. The Morgan fingerprint density at radius 3 is 2.75 bits per heavy atom. The number of carbonyl (C=O) groups is 1. The van der Waals surface area contributed by atoms with E-state index in [1.165, 1.54) is 19.2 Å². The number of hydrogen-bond acceptors (Lipinski definition) is 3. The molecule has 0 N–H and O–H groups in total. The van der Waals surface area contributed by atoms with Crippen LogP contribution in [0.1, 0.15) is 6.42 Å². The molecular formula is C13H14BrF2NO3. The van der Waals surface area contributed by atoms with Crippen molar-refractivity contribution in [3.8, 4) is 11.5 Å². The molecule has 0 aliphatic carbocycles. The molecule has 1 aromatic carbocycles. The molecule has 2 rings (SSSR count). The largest absolute Gasteiger partial charge is 0.493 e. The summed E-state index contributed by atoms with van der Waals surface area (Å²) in [4.78, 5) is 13.5. The van der Waals surface area contributed by atoms with Crippen LogP contribution >= 0.6 is 15.9 Å². The molecule has 110 valence electrons. The average Bonchev–Trinajstić information content (AvgIpc) is 2.80. The summed E-state index contributed by atoms with van der Waals surface area (Å²) in [7, 11) is 1.37. The first-order valence-electron chi connectivity index (χ1n) is 6.04. The fourth-order valence-corrected chi connectivity index (χ4v) is 2.59. The topological polar surface area (TPSA) is 38.8 Å². The molecule has 20 heavy (non-hydrogen) atoms. The lowest BCUT2D eigenvalue weighted by atomic mass is 10.2. The summed E-state index contributed by atoms with van der Waals surface area (Å²) >= 11 is 3.36. The molecule has 1 aromatic rings. The lowest BCUT2D eigenvalue weighted by Crippen LogP contribution is -2.24. The van der Waals surface area contributed by atoms with E-state index in [0.717, 1.165) is 5.33 Å². The van der Waals surface area contributed by atoms with E-state index in [9.17, 15) is 13.6 Å². The van der Waals surface area contributed by atoms with Crippen molar-refractivity contribution in [2.75, 3.05) is 23.9 Å². The van der Waals surface area contributed by atoms with Gasteiger partial charge in [0, 0.05) is 30.0 Å². The van der Waals surface area contributed by atoms with Gasteiger partial charge in [0.05, 0.1) is 7.11 Å². The van der Waals surface area contributed by atoms with Gasteiger partial charge in [0.1, 0.15) is 0 Å². The molecule has 1 atom stereocenters. The normalized spacial score (nSPS) is 18.8. The van der Waals surface area contributed by atoms with E-state index >= 15 is 0 Å². The van der Waals surface area contributed by atoms with Crippen molar-refractivity contribution in [1.29, 1.82) is 0 Å². The molecule has 1 fully saturated rings. The van der Waals surface area contributed by atoms with Crippen LogP contribution < -0.4 is 14.4 Å². The minimum absolute atomic E-state index is 0.0130. The SMILES string of the molecule is COc1cc(N2CC(CBr)CC2=O)ccc1OC(F)F. The van der Waals surface area contributed by atoms with Crippen molar-refractivity contribution in [1.82, 2.24) is 0 Å². The zero-order chi connectivity index (χ0) is 14.7. The van der Waals surface area contributed by atoms with Gasteiger partial charge in [-0.15, -0.1) is 0 Å². The van der Waals surface area contributed by atoms with E-state index in [1.807, 2.05) is 0 Å². The third-order valence-corrected chi connectivity index (χ3v) is 4.01. The summed E-state index contributed by atoms with van der Waals surface area (Å²) in [6, 6.07) is 4.50. The number of halogens is 3. The van der Waals surface area contributed by atoms with Crippen LogP contribution in [0.3, 0.4) is 0 Å². The molecule has 1 amide bonds. The molecular weight excluding hydrogens is 336 g/mol. The van der Waals surface area contributed by atoms with Crippen LogP contribution in [0.15, 0.2) is 18.2 Å². The van der Waals surface area contributed by atoms with Crippen LogP contribution in [0.25, 0.3) is 0 Å². The Bertz CT molecular complexity index is 499. The number of nitrogens with zero attached hydrogens (tertiary/aromatic N) is 1. The maximum atomic E-state index is 12.2. The Kier molecular flexibility index (Phi) is 4.80. The highest BCUT2D eigenvalue weighted by molar-refractivity contribution is 9.09. The number of ether oxygens (including phenoxy) is 2. The standard InChI is InChI=1S/C13H14BrF2NO3/c1-19-11-5-9(2-3-10(11)20-13(15)16)17-7-8(6-14)4-12(17)18/h2-3,5,8,13H,4,6-7H2,1H3. The van der Waals surface area contributed by atoms with E-state index in [2.05, 4.69) is 20.7 Å². The smallest absolute Gasteiger partial charge is 0.387 e. The van der Waals surface area contributed by atoms with Gasteiger partial charge in [-0.2, -0.15) is 8.78 Å². The van der Waals surface area contributed by atoms with Gasteiger partial charge in [0.15, 0.2) is 11.5 Å². The monoisotopic (exact) mass is 349 g/mol. The number of benzene rings is 1. The van der Waals surface area contributed by atoms with E-state index < -0.39 is 6.61 Å². The molecule has 1 aliphatic rings. The second kappa shape index (κ2) is 6.39. The number of alkyl halides is 3. The highest BCUT2D eigenvalue weighted by Gasteiger charge is 2.30. The van der Waals surface area contributed by atoms with Crippen LogP contribution in [0.4, 0.5) is 14.5 Å². The third kappa shape index (κ3) is 3.20. The zero-order valence-electron chi connectivity index (χ0n) is 10.8. The van der Waals surface area contributed by atoms with E-state index in [4.69, 9.17) is 4.74 Å². The molecule has 0 spiro atoms. The molecule has 0 bridgehead atoms. The Balaban J connectivity index is 2.23. The Morgan fingerprint density at radius 1 is 1.45 bits per heavy atom. The number of carbonyl (C=O) groups excluding carboxylic acids is 1. The summed E-state index contributed by atoms with van der Waals surface area (Å²) in [5, 5.41) is 0.749. The van der Waals surface area contributed by atoms with Crippen molar-refractivity contribution in [3.05, 3.63) is 18.2 Å². The highest BCUT2D eigenvalue weighted by Crippen LogP contribution is 2.35. The van der Waals surface area contributed by atoms with Crippen LogP contribution in [-0.2, 0) is 4.79 Å². The predicted octanol–water partition coefficient (Wildman–Crippen LogP) is 3.04. The molecule has 0 saturated carbocycles. The molecule has 0 aromatic heterocycles. The van der Waals surface area contributed by atoms with Gasteiger partial charge in [-0.3, -0.25) is 4.79 Å². The number of rotatable bonds is 5. The summed E-state index contributed by atoms with van der Waals surface area (Å²) in [5.41, 5.74) is 0.622. The van der Waals surface area contributed by atoms with Crippen molar-refractivity contribution in [2.45, 2.75) is 13.0 Å². The second-order valence-electron chi connectivity index (χ2n) is 4.44. The lowest BCUT2D eigenvalue weighted by molar-refractivity contribution is -0.117. The highest BCUT2D eigenvalue weighted by atomic mass is 79.9. The van der Waals surface area contributed by atoms with Crippen LogP contribution in [0.2, 0.25) is 0 Å². The third-order valence-electron chi connectivity index (χ3n) is 3.10. The molecule has 4 nitrogen and oxygen atoms in total. The summed E-state index contributed by atoms with van der Waals surface area (Å²) in [6.45, 7) is -2.32. The molecule has 0 radical (unpaired) electrons. The first-order chi connectivity index (χ1) is 9.55. The minimum Gasteiger partial charge on any atom is -0.493 e. The molecule has 1 unspecified atom stereocenters. The fourth-order valence-electron chi connectivity index (χ4n) is 2.15. The first-order valence-corrected chi connectivity index (χ1v) is 7.16. The maximum absolute atomic E-state index is 12.2. The van der Waals surface area contributed by atoms with Crippen molar-refractivity contribution in [3.63, 3.8) is 0 Å². The minimum atomic E-state index is -2.92. The predicted molar refractivity (Wildman–Crippen MR) is 73.9 cm³/mol. The van der Waals surface area contributed by atoms with Gasteiger partial charge >= 0.3 is 6.61 Å². The number of anilines is 1. The van der Waals surface area contributed by atoms with Gasteiger partial charge < -0.3 is 14.4 Å². The fraction of sp³-hybridized carbons (Fsp3) is 0.462. The van der Waals surface area contributed by atoms with E-state index in [-0.39, 0.29) is 23.3 Å². The Hall–Kier alpha value is -1.37. The van der Waals surface area contributed by atoms with Crippen LogP contribution in [0.5, 0.6) is 11.5 Å². The number of amides is 1. The van der Waals surface area contributed by atoms with Crippen molar-refractivity contribution >= 4 is 27.5 Å². The van der Waals surface area contributed by atoms with Gasteiger partial charge in [-0.1, -0.05) is 15.9 Å². The summed E-state index contributed by atoms with van der Waals surface area (Å²) < 4.78 is 33.9. The van der Waals surface area contributed by atoms with Crippen LogP contribution in [0, 0.1) is 5.92 Å². The second-order valence-corrected chi connectivity index (χ2v) is 5.09. The lowest BCUT2D eigenvalue weighted by Gasteiger charge is -2.18. The number of methoxy groups -OCH3 is 1. The van der Waals surface area contributed by atoms with Gasteiger partial charge in [0.2, 0.25) is 5.91 Å². The quantitative estimate of drug-likeness (QED) is 0.767. The van der Waals surface area contributed by atoms with Crippen LogP contribution in [-0.4, -0.2) is 31.5 Å². The Labute approximate surface area is 123 Å². The molecule has 1 saturated heterocycles. The molecule has 7 heteroatoms. The zero-order valence-corrected chi connectivity index (χ0v) is 12.4. The number of hydrogen-bond donors (Lipinski definition) is 0. The van der Waals surface area contributed by atoms with Gasteiger partial charge in [-0.25, -0.2) is 0 Å². The van der Waals surface area contributed by atoms with Gasteiger partial charge in [0.25, 0.3) is 0 Å². The summed E-state index contributed by atoms with van der Waals surface area (Å²) in [6.07, 6.45) is 0.475.